The lowest BCUT2D eigenvalue weighted by Gasteiger charge is -2.05. The number of ether oxygens (including phenoxy) is 1. The van der Waals surface area contributed by atoms with E-state index >= 15 is 0 Å². The summed E-state index contributed by atoms with van der Waals surface area (Å²) in [6, 6.07) is 5.50. The molecule has 3 nitrogen and oxygen atoms in total. The zero-order valence-corrected chi connectivity index (χ0v) is 7.92. The monoisotopic (exact) mass is 197 g/mol. The second-order valence-electron chi connectivity index (χ2n) is 2.77. The van der Waals surface area contributed by atoms with E-state index in [2.05, 4.69) is 5.32 Å². The van der Waals surface area contributed by atoms with Crippen LogP contribution in [0.4, 0.5) is 14.9 Å². The van der Waals surface area contributed by atoms with Crippen LogP contribution < -0.4 is 5.32 Å². The van der Waals surface area contributed by atoms with Gasteiger partial charge in [-0.1, -0.05) is 6.92 Å². The Kier molecular flexibility index (Phi) is 3.91. The number of rotatable bonds is 3. The third kappa shape index (κ3) is 3.43. The van der Waals surface area contributed by atoms with Gasteiger partial charge in [-0.25, -0.2) is 9.18 Å². The molecule has 76 valence electrons. The predicted molar refractivity (Wildman–Crippen MR) is 51.7 cm³/mol. The van der Waals surface area contributed by atoms with E-state index in [4.69, 9.17) is 4.74 Å². The molecule has 1 aromatic rings. The van der Waals surface area contributed by atoms with Crippen LogP contribution >= 0.6 is 0 Å². The van der Waals surface area contributed by atoms with Gasteiger partial charge in [0.05, 0.1) is 6.61 Å². The molecule has 0 spiro atoms. The van der Waals surface area contributed by atoms with Gasteiger partial charge in [0, 0.05) is 5.69 Å². The largest absolute Gasteiger partial charge is 0.449 e. The number of hydrogen-bond acceptors (Lipinski definition) is 2. The summed E-state index contributed by atoms with van der Waals surface area (Å²) in [4.78, 5) is 11.0. The number of benzene rings is 1. The van der Waals surface area contributed by atoms with Gasteiger partial charge >= 0.3 is 6.09 Å². The van der Waals surface area contributed by atoms with Gasteiger partial charge in [-0.2, -0.15) is 0 Å². The summed E-state index contributed by atoms with van der Waals surface area (Å²) in [5.41, 5.74) is 0.521. The lowest BCUT2D eigenvalue weighted by Crippen LogP contribution is -2.13. The molecule has 0 fully saturated rings. The topological polar surface area (TPSA) is 38.3 Å². The van der Waals surface area contributed by atoms with Crippen molar-refractivity contribution < 1.29 is 13.9 Å². The van der Waals surface area contributed by atoms with Crippen molar-refractivity contribution in [3.63, 3.8) is 0 Å². The molecule has 0 aromatic heterocycles. The van der Waals surface area contributed by atoms with Crippen LogP contribution in [0.1, 0.15) is 13.3 Å². The summed E-state index contributed by atoms with van der Waals surface area (Å²) in [7, 11) is 0. The minimum absolute atomic E-state index is 0.336. The van der Waals surface area contributed by atoms with Crippen LogP contribution in [-0.4, -0.2) is 12.7 Å². The summed E-state index contributed by atoms with van der Waals surface area (Å²) in [5.74, 6) is -0.336. The Morgan fingerprint density at radius 1 is 1.43 bits per heavy atom. The van der Waals surface area contributed by atoms with Crippen molar-refractivity contribution in [3.05, 3.63) is 30.1 Å². The van der Waals surface area contributed by atoms with Gasteiger partial charge in [0.2, 0.25) is 0 Å². The van der Waals surface area contributed by atoms with E-state index in [-0.39, 0.29) is 5.82 Å². The van der Waals surface area contributed by atoms with E-state index in [0.717, 1.165) is 6.42 Å². The van der Waals surface area contributed by atoms with Crippen molar-refractivity contribution in [3.8, 4) is 0 Å². The van der Waals surface area contributed by atoms with Gasteiger partial charge in [-0.3, -0.25) is 5.32 Å². The molecule has 1 amide bonds. The molecule has 14 heavy (non-hydrogen) atoms. The molecule has 0 saturated heterocycles. The van der Waals surface area contributed by atoms with Crippen LogP contribution in [0.15, 0.2) is 24.3 Å². The maximum absolute atomic E-state index is 12.5. The molecule has 0 aliphatic rings. The second kappa shape index (κ2) is 5.21. The van der Waals surface area contributed by atoms with Gasteiger partial charge in [0.15, 0.2) is 0 Å². The Hall–Kier alpha value is -1.58. The van der Waals surface area contributed by atoms with Crippen molar-refractivity contribution in [1.82, 2.24) is 0 Å². The average molecular weight is 197 g/mol. The minimum Gasteiger partial charge on any atom is -0.449 e. The van der Waals surface area contributed by atoms with Crippen molar-refractivity contribution in [2.75, 3.05) is 11.9 Å². The smallest absolute Gasteiger partial charge is 0.411 e. The molecule has 0 aliphatic carbocycles. The van der Waals surface area contributed by atoms with Crippen molar-refractivity contribution in [2.45, 2.75) is 13.3 Å². The molecule has 1 aromatic carbocycles. The Morgan fingerprint density at radius 2 is 2.07 bits per heavy atom. The first kappa shape index (κ1) is 10.5. The molecule has 0 heterocycles. The first-order valence-corrected chi connectivity index (χ1v) is 4.41. The first-order chi connectivity index (χ1) is 6.72. The van der Waals surface area contributed by atoms with Gasteiger partial charge in [-0.05, 0) is 30.7 Å². The minimum atomic E-state index is -0.515. The highest BCUT2D eigenvalue weighted by molar-refractivity contribution is 5.84. The summed E-state index contributed by atoms with van der Waals surface area (Å²) < 4.78 is 17.3. The molecule has 0 radical (unpaired) electrons. The van der Waals surface area contributed by atoms with Crippen molar-refractivity contribution in [1.29, 1.82) is 0 Å². The first-order valence-electron chi connectivity index (χ1n) is 4.41. The molecule has 1 N–H and O–H groups in total. The maximum Gasteiger partial charge on any atom is 0.411 e. The van der Waals surface area contributed by atoms with Crippen LogP contribution in [0.5, 0.6) is 0 Å². The number of halogens is 1. The fourth-order valence-electron chi connectivity index (χ4n) is 0.882. The highest BCUT2D eigenvalue weighted by Crippen LogP contribution is 2.08. The third-order valence-corrected chi connectivity index (χ3v) is 1.53. The molecule has 0 aliphatic heterocycles. The number of anilines is 1. The zero-order valence-electron chi connectivity index (χ0n) is 7.92. The van der Waals surface area contributed by atoms with Gasteiger partial charge in [0.1, 0.15) is 5.82 Å². The number of carbonyl (C=O) groups is 1. The van der Waals surface area contributed by atoms with E-state index in [1.807, 2.05) is 6.92 Å². The average Bonchev–Trinajstić information content (AvgIpc) is 2.18. The predicted octanol–water partition coefficient (Wildman–Crippen LogP) is 2.78. The van der Waals surface area contributed by atoms with E-state index < -0.39 is 6.09 Å². The lowest BCUT2D eigenvalue weighted by atomic mass is 10.3. The van der Waals surface area contributed by atoms with Crippen LogP contribution in [0.25, 0.3) is 0 Å². The highest BCUT2D eigenvalue weighted by atomic mass is 19.1. The summed E-state index contributed by atoms with van der Waals surface area (Å²) in [5, 5.41) is 2.48. The lowest BCUT2D eigenvalue weighted by molar-refractivity contribution is 0.161. The van der Waals surface area contributed by atoms with Crippen LogP contribution in [0.3, 0.4) is 0 Å². The highest BCUT2D eigenvalue weighted by Gasteiger charge is 2.01. The van der Waals surface area contributed by atoms with E-state index in [1.54, 1.807) is 0 Å². The Bertz CT molecular complexity index is 297. The maximum atomic E-state index is 12.5. The van der Waals surface area contributed by atoms with E-state index in [1.165, 1.54) is 24.3 Å². The Balaban J connectivity index is 2.44. The van der Waals surface area contributed by atoms with Crippen molar-refractivity contribution >= 4 is 11.8 Å². The number of carbonyl (C=O) groups excluding carboxylic acids is 1. The summed E-state index contributed by atoms with van der Waals surface area (Å²) >= 11 is 0. The molecule has 0 saturated carbocycles. The normalized spacial score (nSPS) is 9.57. The quantitative estimate of drug-likeness (QED) is 0.809. The number of amides is 1. The molecule has 0 atom stereocenters. The molecular weight excluding hydrogens is 185 g/mol. The standard InChI is InChI=1S/C10H12FNO2/c1-2-7-14-10(13)12-9-5-3-8(11)4-6-9/h3-6H,2,7H2,1H3,(H,12,13). The van der Waals surface area contributed by atoms with E-state index in [0.29, 0.717) is 12.3 Å². The third-order valence-electron chi connectivity index (χ3n) is 1.53. The second-order valence-corrected chi connectivity index (χ2v) is 2.77. The SMILES string of the molecule is CCCOC(=O)Nc1ccc(F)cc1. The zero-order chi connectivity index (χ0) is 10.4. The van der Waals surface area contributed by atoms with Gasteiger partial charge in [-0.15, -0.1) is 0 Å². The molecular formula is C10H12FNO2. The number of nitrogens with one attached hydrogen (secondary N) is 1. The molecule has 0 bridgehead atoms. The fraction of sp³-hybridized carbons (Fsp3) is 0.300. The van der Waals surface area contributed by atoms with E-state index in [9.17, 15) is 9.18 Å². The summed E-state index contributed by atoms with van der Waals surface area (Å²) in [6.45, 7) is 2.29. The Labute approximate surface area is 81.9 Å². The molecule has 0 unspecified atom stereocenters. The van der Waals surface area contributed by atoms with Gasteiger partial charge in [0.25, 0.3) is 0 Å². The van der Waals surface area contributed by atoms with Crippen LogP contribution in [0.2, 0.25) is 0 Å². The fourth-order valence-corrected chi connectivity index (χ4v) is 0.882. The number of hydrogen-bond donors (Lipinski definition) is 1. The van der Waals surface area contributed by atoms with Gasteiger partial charge < -0.3 is 4.74 Å². The van der Waals surface area contributed by atoms with Crippen LogP contribution in [0, 0.1) is 5.82 Å². The molecule has 4 heteroatoms. The Morgan fingerprint density at radius 3 is 2.64 bits per heavy atom. The van der Waals surface area contributed by atoms with Crippen LogP contribution in [-0.2, 0) is 4.74 Å². The summed E-state index contributed by atoms with van der Waals surface area (Å²) in [6.07, 6.45) is 0.259. The van der Waals surface area contributed by atoms with Crippen molar-refractivity contribution in [2.24, 2.45) is 0 Å². The molecule has 1 rings (SSSR count).